The molecule has 0 N–H and O–H groups in total. The number of hydrogen-bond acceptors (Lipinski definition) is 3. The van der Waals surface area contributed by atoms with E-state index in [1.807, 2.05) is 0 Å². The van der Waals surface area contributed by atoms with E-state index in [1.54, 1.807) is 0 Å². The SMILES string of the molecule is O=C1OC(Br)c2cnc(Cl)cc21. The second-order valence-electron chi connectivity index (χ2n) is 2.32. The van der Waals surface area contributed by atoms with E-state index < -0.39 is 0 Å². The Labute approximate surface area is 81.8 Å². The van der Waals surface area contributed by atoms with Crippen LogP contribution in [0.2, 0.25) is 5.15 Å². The van der Waals surface area contributed by atoms with E-state index in [2.05, 4.69) is 20.9 Å². The maximum Gasteiger partial charge on any atom is 0.340 e. The number of carbonyl (C=O) groups is 1. The van der Waals surface area contributed by atoms with E-state index >= 15 is 0 Å². The summed E-state index contributed by atoms with van der Waals surface area (Å²) in [5, 5.41) is -0.0860. The molecule has 3 nitrogen and oxygen atoms in total. The Kier molecular flexibility index (Phi) is 1.81. The van der Waals surface area contributed by atoms with E-state index in [9.17, 15) is 4.79 Å². The molecule has 0 aliphatic carbocycles. The summed E-state index contributed by atoms with van der Waals surface area (Å²) in [5.74, 6) is -0.365. The molecule has 1 aliphatic rings. The van der Waals surface area contributed by atoms with Gasteiger partial charge < -0.3 is 4.74 Å². The minimum atomic E-state index is -0.384. The van der Waals surface area contributed by atoms with Crippen molar-refractivity contribution in [2.75, 3.05) is 0 Å². The molecule has 1 aliphatic heterocycles. The lowest BCUT2D eigenvalue weighted by molar-refractivity contribution is 0.0530. The van der Waals surface area contributed by atoms with Crippen molar-refractivity contribution in [3.8, 4) is 0 Å². The summed E-state index contributed by atoms with van der Waals surface area (Å²) in [6, 6.07) is 1.50. The number of rotatable bonds is 0. The Morgan fingerprint density at radius 3 is 3.17 bits per heavy atom. The molecular formula is C7H3BrClNO2. The summed E-state index contributed by atoms with van der Waals surface area (Å²) in [5.41, 5.74) is 1.21. The van der Waals surface area contributed by atoms with Crippen LogP contribution in [-0.2, 0) is 4.74 Å². The van der Waals surface area contributed by atoms with Gasteiger partial charge in [0.1, 0.15) is 5.15 Å². The van der Waals surface area contributed by atoms with Gasteiger partial charge in [-0.3, -0.25) is 0 Å². The second-order valence-corrected chi connectivity index (χ2v) is 3.53. The van der Waals surface area contributed by atoms with Gasteiger partial charge in [-0.05, 0) is 22.0 Å². The smallest absolute Gasteiger partial charge is 0.340 e. The highest BCUT2D eigenvalue weighted by molar-refractivity contribution is 9.09. The van der Waals surface area contributed by atoms with Crippen LogP contribution in [0.15, 0.2) is 12.3 Å². The van der Waals surface area contributed by atoms with Crippen molar-refractivity contribution in [1.82, 2.24) is 4.98 Å². The summed E-state index contributed by atoms with van der Waals surface area (Å²) >= 11 is 8.78. The normalized spacial score (nSPS) is 20.5. The molecule has 0 saturated heterocycles. The summed E-state index contributed by atoms with van der Waals surface area (Å²) in [7, 11) is 0. The molecule has 12 heavy (non-hydrogen) atoms. The standard InChI is InChI=1S/C7H3BrClNO2/c8-6-4-2-10-5(9)1-3(4)7(11)12-6/h1-2,6H. The molecule has 1 atom stereocenters. The Balaban J connectivity index is 2.60. The minimum absolute atomic E-state index is 0.298. The number of esters is 1. The van der Waals surface area contributed by atoms with E-state index in [0.717, 1.165) is 5.56 Å². The minimum Gasteiger partial charge on any atom is -0.442 e. The van der Waals surface area contributed by atoms with Gasteiger partial charge in [0.15, 0.2) is 5.01 Å². The first-order valence-electron chi connectivity index (χ1n) is 3.19. The van der Waals surface area contributed by atoms with E-state index in [4.69, 9.17) is 16.3 Å². The number of hydrogen-bond donors (Lipinski definition) is 0. The van der Waals surface area contributed by atoms with Gasteiger partial charge in [0.25, 0.3) is 0 Å². The highest BCUT2D eigenvalue weighted by Gasteiger charge is 2.29. The molecule has 0 aromatic carbocycles. The fourth-order valence-electron chi connectivity index (χ4n) is 1.02. The number of nitrogens with zero attached hydrogens (tertiary/aromatic N) is 1. The van der Waals surface area contributed by atoms with Crippen molar-refractivity contribution in [2.24, 2.45) is 0 Å². The van der Waals surface area contributed by atoms with Crippen LogP contribution in [0, 0.1) is 0 Å². The molecule has 1 aromatic rings. The average molecular weight is 248 g/mol. The third-order valence-electron chi connectivity index (χ3n) is 1.58. The van der Waals surface area contributed by atoms with Gasteiger partial charge in [-0.15, -0.1) is 0 Å². The Morgan fingerprint density at radius 1 is 1.67 bits per heavy atom. The fourth-order valence-corrected chi connectivity index (χ4v) is 1.71. The van der Waals surface area contributed by atoms with Crippen LogP contribution < -0.4 is 0 Å². The van der Waals surface area contributed by atoms with E-state index in [1.165, 1.54) is 12.3 Å². The fraction of sp³-hybridized carbons (Fsp3) is 0.143. The maximum atomic E-state index is 11.1. The Hall–Kier alpha value is -0.610. The number of carbonyl (C=O) groups excluding carboxylic acids is 1. The molecule has 0 saturated carbocycles. The quantitative estimate of drug-likeness (QED) is 0.402. The molecule has 1 unspecified atom stereocenters. The number of fused-ring (bicyclic) bond motifs is 1. The number of cyclic esters (lactones) is 1. The molecule has 0 bridgehead atoms. The molecule has 0 radical (unpaired) electrons. The number of halogens is 2. The van der Waals surface area contributed by atoms with Crippen LogP contribution >= 0.6 is 27.5 Å². The van der Waals surface area contributed by atoms with Crippen molar-refractivity contribution in [3.63, 3.8) is 0 Å². The zero-order valence-electron chi connectivity index (χ0n) is 5.75. The zero-order chi connectivity index (χ0) is 8.72. The predicted octanol–water partition coefficient (Wildman–Crippen LogP) is 2.30. The summed E-state index contributed by atoms with van der Waals surface area (Å²) in [6.07, 6.45) is 1.53. The van der Waals surface area contributed by atoms with Crippen molar-refractivity contribution in [3.05, 3.63) is 28.5 Å². The van der Waals surface area contributed by atoms with Crippen molar-refractivity contribution in [2.45, 2.75) is 5.01 Å². The van der Waals surface area contributed by atoms with Gasteiger partial charge in [-0.25, -0.2) is 9.78 Å². The summed E-state index contributed by atoms with van der Waals surface area (Å²) in [6.45, 7) is 0. The van der Waals surface area contributed by atoms with Gasteiger partial charge in [-0.2, -0.15) is 0 Å². The molecule has 62 valence electrons. The first kappa shape index (κ1) is 8.01. The van der Waals surface area contributed by atoms with Gasteiger partial charge in [0.05, 0.1) is 5.56 Å². The van der Waals surface area contributed by atoms with E-state index in [0.29, 0.717) is 10.7 Å². The molecular weight excluding hydrogens is 245 g/mol. The Morgan fingerprint density at radius 2 is 2.42 bits per heavy atom. The molecule has 5 heteroatoms. The van der Waals surface area contributed by atoms with Gasteiger partial charge in [0, 0.05) is 11.8 Å². The van der Waals surface area contributed by atoms with Crippen LogP contribution in [0.3, 0.4) is 0 Å². The number of aromatic nitrogens is 1. The third kappa shape index (κ3) is 1.11. The molecule has 2 rings (SSSR count). The van der Waals surface area contributed by atoms with Gasteiger partial charge in [0.2, 0.25) is 0 Å². The predicted molar refractivity (Wildman–Crippen MR) is 46.3 cm³/mol. The first-order valence-corrected chi connectivity index (χ1v) is 4.48. The summed E-state index contributed by atoms with van der Waals surface area (Å²) in [4.78, 5) is 14.9. The van der Waals surface area contributed by atoms with E-state index in [-0.39, 0.29) is 11.0 Å². The summed E-state index contributed by atoms with van der Waals surface area (Å²) < 4.78 is 4.87. The lowest BCUT2D eigenvalue weighted by Gasteiger charge is -1.97. The third-order valence-corrected chi connectivity index (χ3v) is 2.46. The van der Waals surface area contributed by atoms with Crippen molar-refractivity contribution in [1.29, 1.82) is 0 Å². The monoisotopic (exact) mass is 247 g/mol. The first-order chi connectivity index (χ1) is 5.68. The number of alkyl halides is 1. The lowest BCUT2D eigenvalue weighted by Crippen LogP contribution is -1.93. The van der Waals surface area contributed by atoms with Crippen molar-refractivity contribution < 1.29 is 9.53 Å². The molecule has 0 spiro atoms. The second kappa shape index (κ2) is 2.71. The van der Waals surface area contributed by atoms with Crippen LogP contribution in [0.1, 0.15) is 20.9 Å². The van der Waals surface area contributed by atoms with Crippen molar-refractivity contribution >= 4 is 33.5 Å². The van der Waals surface area contributed by atoms with Crippen LogP contribution in [0.5, 0.6) is 0 Å². The molecule has 0 fully saturated rings. The zero-order valence-corrected chi connectivity index (χ0v) is 8.09. The molecule has 2 heterocycles. The molecule has 0 amide bonds. The number of pyridine rings is 1. The van der Waals surface area contributed by atoms with Gasteiger partial charge >= 0.3 is 5.97 Å². The van der Waals surface area contributed by atoms with Crippen LogP contribution in [0.25, 0.3) is 0 Å². The maximum absolute atomic E-state index is 11.1. The van der Waals surface area contributed by atoms with Gasteiger partial charge in [-0.1, -0.05) is 11.6 Å². The lowest BCUT2D eigenvalue weighted by atomic mass is 10.2. The molecule has 1 aromatic heterocycles. The average Bonchev–Trinajstić information content (AvgIpc) is 2.28. The largest absolute Gasteiger partial charge is 0.442 e. The highest BCUT2D eigenvalue weighted by atomic mass is 79.9. The topological polar surface area (TPSA) is 39.2 Å². The van der Waals surface area contributed by atoms with Crippen LogP contribution in [0.4, 0.5) is 0 Å². The Bertz CT molecular complexity index is 355. The van der Waals surface area contributed by atoms with Crippen LogP contribution in [-0.4, -0.2) is 11.0 Å². The number of ether oxygens (including phenoxy) is 1. The highest BCUT2D eigenvalue weighted by Crippen LogP contribution is 2.35.